The Morgan fingerprint density at radius 2 is 1.88 bits per heavy atom. The number of carbonyl (C=O) groups excluding carboxylic acids is 1. The molecule has 0 bridgehead atoms. The maximum Gasteiger partial charge on any atom is 0.389 e. The normalized spacial score (nSPS) is 20.6. The van der Waals surface area contributed by atoms with E-state index in [4.69, 9.17) is 0 Å². The number of aromatic nitrogens is 3. The van der Waals surface area contributed by atoms with Crippen LogP contribution in [0.1, 0.15) is 65.8 Å². The van der Waals surface area contributed by atoms with Gasteiger partial charge >= 0.3 is 6.18 Å². The monoisotopic (exact) mass is 557 g/mol. The molecule has 1 aromatic carbocycles. The Bertz CT molecular complexity index is 1370. The van der Waals surface area contributed by atoms with Crippen LogP contribution in [-0.2, 0) is 26.3 Å². The van der Waals surface area contributed by atoms with Crippen molar-refractivity contribution < 1.29 is 22.4 Å². The van der Waals surface area contributed by atoms with E-state index in [1.165, 1.54) is 16.8 Å². The van der Waals surface area contributed by atoms with Crippen LogP contribution < -0.4 is 0 Å². The summed E-state index contributed by atoms with van der Waals surface area (Å²) in [6.07, 6.45) is 5.26. The van der Waals surface area contributed by atoms with E-state index in [-0.39, 0.29) is 23.8 Å². The lowest BCUT2D eigenvalue weighted by Crippen LogP contribution is -2.29. The Morgan fingerprint density at radius 3 is 2.65 bits per heavy atom. The lowest BCUT2D eigenvalue weighted by atomic mass is 9.81. The molecule has 0 atom stereocenters. The third-order valence-corrected chi connectivity index (χ3v) is 8.27. The number of hydrogen-bond acceptors (Lipinski definition) is 4. The first-order chi connectivity index (χ1) is 19.1. The molecule has 0 unspecified atom stereocenters. The number of alkyl halides is 3. The fraction of sp³-hybridized carbons (Fsp3) is 0.533. The van der Waals surface area contributed by atoms with Crippen molar-refractivity contribution in [2.24, 2.45) is 23.9 Å². The van der Waals surface area contributed by atoms with Crippen molar-refractivity contribution in [2.75, 3.05) is 19.6 Å². The van der Waals surface area contributed by atoms with E-state index in [1.54, 1.807) is 25.5 Å². The van der Waals surface area contributed by atoms with Gasteiger partial charge < -0.3 is 4.90 Å². The summed E-state index contributed by atoms with van der Waals surface area (Å²) in [6.45, 7) is 2.82. The predicted molar refractivity (Wildman–Crippen MR) is 146 cm³/mol. The van der Waals surface area contributed by atoms with Crippen molar-refractivity contribution in [3.63, 3.8) is 0 Å². The highest BCUT2D eigenvalue weighted by Crippen LogP contribution is 2.31. The van der Waals surface area contributed by atoms with E-state index < -0.39 is 18.4 Å². The molecule has 2 aromatic heterocycles. The summed E-state index contributed by atoms with van der Waals surface area (Å²) in [5.41, 5.74) is 3.16. The van der Waals surface area contributed by atoms with E-state index in [0.29, 0.717) is 22.6 Å². The Morgan fingerprint density at radius 1 is 1.10 bits per heavy atom. The van der Waals surface area contributed by atoms with Crippen LogP contribution >= 0.6 is 0 Å². The summed E-state index contributed by atoms with van der Waals surface area (Å²) >= 11 is 0. The van der Waals surface area contributed by atoms with Crippen LogP contribution in [0, 0.1) is 17.7 Å². The number of benzene rings is 1. The molecule has 1 aliphatic carbocycles. The first-order valence-electron chi connectivity index (χ1n) is 14.1. The van der Waals surface area contributed by atoms with E-state index in [9.17, 15) is 22.4 Å². The molecule has 1 fully saturated rings. The van der Waals surface area contributed by atoms with E-state index in [2.05, 4.69) is 20.0 Å². The zero-order chi connectivity index (χ0) is 28.3. The molecule has 6 nitrogen and oxygen atoms in total. The van der Waals surface area contributed by atoms with Crippen molar-refractivity contribution in [2.45, 2.75) is 64.0 Å². The standard InChI is InChI=1S/C30H35F4N5O/c1-38-19-25-24(8-9-26(31)28(25)37-38)29(40)35-18-21-4-2-20(3-5-21)11-15-39-16-12-22-6-7-23(10-14-30(32,33)34)36-27(22)13-17-39/h6-9,18-21H,2-5,10-17H2,1H3. The SMILES string of the molecule is Cn1cc2c(C(=O)N=CC3CCC(CCN4CCc5ccc(CCC(F)(F)F)nc5CC4)CC3)ccc(F)c2n1. The number of aryl methyl sites for hydroxylation is 2. The second kappa shape index (κ2) is 12.2. The molecule has 0 saturated heterocycles. The quantitative estimate of drug-likeness (QED) is 0.260. The topological polar surface area (TPSA) is 63.4 Å². The molecule has 0 spiro atoms. The van der Waals surface area contributed by atoms with Crippen LogP contribution in [0.2, 0.25) is 0 Å². The maximum atomic E-state index is 14.0. The molecular weight excluding hydrogens is 522 g/mol. The number of aliphatic imine (C=N–C) groups is 1. The minimum absolute atomic E-state index is 0.0668. The number of halogens is 4. The van der Waals surface area contributed by atoms with Gasteiger partial charge in [-0.15, -0.1) is 0 Å². The summed E-state index contributed by atoms with van der Waals surface area (Å²) in [5, 5.41) is 4.57. The second-order valence-corrected chi connectivity index (χ2v) is 11.2. The molecule has 40 heavy (non-hydrogen) atoms. The largest absolute Gasteiger partial charge is 0.389 e. The Labute approximate surface area is 231 Å². The summed E-state index contributed by atoms with van der Waals surface area (Å²) < 4.78 is 53.3. The molecule has 214 valence electrons. The van der Waals surface area contributed by atoms with Crippen LogP contribution in [0.15, 0.2) is 35.5 Å². The van der Waals surface area contributed by atoms with Crippen molar-refractivity contribution in [3.05, 3.63) is 58.8 Å². The van der Waals surface area contributed by atoms with Gasteiger partial charge in [-0.2, -0.15) is 18.3 Å². The summed E-state index contributed by atoms with van der Waals surface area (Å²) in [7, 11) is 1.69. The fourth-order valence-corrected chi connectivity index (χ4v) is 5.91. The third kappa shape index (κ3) is 7.13. The first kappa shape index (κ1) is 28.4. The molecule has 5 rings (SSSR count). The van der Waals surface area contributed by atoms with Gasteiger partial charge in [0.15, 0.2) is 5.82 Å². The summed E-state index contributed by atoms with van der Waals surface area (Å²) in [6, 6.07) is 6.44. The van der Waals surface area contributed by atoms with E-state index >= 15 is 0 Å². The van der Waals surface area contributed by atoms with Gasteiger partial charge in [-0.3, -0.25) is 14.5 Å². The zero-order valence-corrected chi connectivity index (χ0v) is 22.8. The van der Waals surface area contributed by atoms with Crippen LogP contribution in [0.4, 0.5) is 17.6 Å². The van der Waals surface area contributed by atoms with Crippen molar-refractivity contribution >= 4 is 23.0 Å². The van der Waals surface area contributed by atoms with Gasteiger partial charge in [-0.1, -0.05) is 6.07 Å². The Kier molecular flexibility index (Phi) is 8.63. The summed E-state index contributed by atoms with van der Waals surface area (Å²) in [4.78, 5) is 24.0. The Balaban J connectivity index is 1.06. The van der Waals surface area contributed by atoms with Crippen LogP contribution in [-0.4, -0.2) is 57.6 Å². The molecule has 10 heteroatoms. The number of fused-ring (bicyclic) bond motifs is 2. The third-order valence-electron chi connectivity index (χ3n) is 8.27. The van der Waals surface area contributed by atoms with Gasteiger partial charge in [-0.05, 0) is 87.1 Å². The molecule has 0 radical (unpaired) electrons. The van der Waals surface area contributed by atoms with Gasteiger partial charge in [0.1, 0.15) is 5.52 Å². The minimum Gasteiger partial charge on any atom is -0.303 e. The van der Waals surface area contributed by atoms with Gasteiger partial charge in [0.25, 0.3) is 5.91 Å². The predicted octanol–water partition coefficient (Wildman–Crippen LogP) is 6.11. The summed E-state index contributed by atoms with van der Waals surface area (Å²) in [5.74, 6) is 0.0644. The molecule has 1 amide bonds. The number of amides is 1. The molecule has 2 aliphatic rings. The first-order valence-corrected chi connectivity index (χ1v) is 14.1. The van der Waals surface area contributed by atoms with Crippen molar-refractivity contribution in [3.8, 4) is 0 Å². The number of carbonyl (C=O) groups is 1. The smallest absolute Gasteiger partial charge is 0.303 e. The maximum absolute atomic E-state index is 14.0. The molecule has 1 saturated carbocycles. The molecular formula is C30H35F4N5O. The van der Waals surface area contributed by atoms with Crippen LogP contribution in [0.3, 0.4) is 0 Å². The lowest BCUT2D eigenvalue weighted by Gasteiger charge is -2.28. The molecule has 3 heterocycles. The second-order valence-electron chi connectivity index (χ2n) is 11.2. The van der Waals surface area contributed by atoms with E-state index in [1.807, 2.05) is 6.07 Å². The van der Waals surface area contributed by atoms with Crippen LogP contribution in [0.25, 0.3) is 10.9 Å². The minimum atomic E-state index is -4.16. The molecule has 1 aliphatic heterocycles. The number of nitrogens with zero attached hydrogens (tertiary/aromatic N) is 5. The molecule has 0 N–H and O–H groups in total. The Hall–Kier alpha value is -3.14. The highest BCUT2D eigenvalue weighted by molar-refractivity contribution is 6.08. The molecule has 3 aromatic rings. The fourth-order valence-electron chi connectivity index (χ4n) is 5.91. The number of rotatable bonds is 7. The van der Waals surface area contributed by atoms with Crippen LogP contribution in [0.5, 0.6) is 0 Å². The average molecular weight is 558 g/mol. The average Bonchev–Trinajstić information content (AvgIpc) is 3.21. The van der Waals surface area contributed by atoms with Gasteiger partial charge in [0.2, 0.25) is 0 Å². The number of pyridine rings is 1. The van der Waals surface area contributed by atoms with Gasteiger partial charge in [0.05, 0.1) is 5.56 Å². The highest BCUT2D eigenvalue weighted by atomic mass is 19.4. The zero-order valence-electron chi connectivity index (χ0n) is 22.8. The highest BCUT2D eigenvalue weighted by Gasteiger charge is 2.27. The van der Waals surface area contributed by atoms with Gasteiger partial charge in [0, 0.05) is 62.2 Å². The van der Waals surface area contributed by atoms with E-state index in [0.717, 1.165) is 75.8 Å². The van der Waals surface area contributed by atoms with Crippen molar-refractivity contribution in [1.82, 2.24) is 19.7 Å². The lowest BCUT2D eigenvalue weighted by molar-refractivity contribution is -0.134. The van der Waals surface area contributed by atoms with Gasteiger partial charge in [-0.25, -0.2) is 9.38 Å². The van der Waals surface area contributed by atoms with Crippen molar-refractivity contribution in [1.29, 1.82) is 0 Å². The number of hydrogen-bond donors (Lipinski definition) is 0.